The number of carbonyl (C=O) groups excluding carboxylic acids is 1. The lowest BCUT2D eigenvalue weighted by atomic mass is 9.91. The lowest BCUT2D eigenvalue weighted by Crippen LogP contribution is -2.17. The van der Waals surface area contributed by atoms with Crippen LogP contribution >= 0.6 is 0 Å². The molecule has 0 aromatic heterocycles. The van der Waals surface area contributed by atoms with Gasteiger partial charge in [0.15, 0.2) is 0 Å². The molecule has 2 aromatic carbocycles. The van der Waals surface area contributed by atoms with Gasteiger partial charge in [0.25, 0.3) is 0 Å². The van der Waals surface area contributed by atoms with Gasteiger partial charge < -0.3 is 9.47 Å². The number of esters is 1. The first-order valence-electron chi connectivity index (χ1n) is 10.1. The molecule has 0 aliphatic rings. The van der Waals surface area contributed by atoms with Gasteiger partial charge in [-0.1, -0.05) is 74.6 Å². The molecule has 2 aromatic rings. The molecule has 0 saturated carbocycles. The van der Waals surface area contributed by atoms with Crippen LogP contribution in [0.15, 0.2) is 48.5 Å². The molecule has 27 heavy (non-hydrogen) atoms. The SMILES string of the molecule is CCCCCCCOc1ccc(C(C(=O)OCC)c2ccc(C)cc2)cc1. The predicted octanol–water partition coefficient (Wildman–Crippen LogP) is 6.04. The van der Waals surface area contributed by atoms with E-state index in [1.165, 1.54) is 31.2 Å². The standard InChI is InChI=1S/C24H32O3/c1-4-6-7-8-9-18-27-22-16-14-21(15-17-22)23(24(25)26-5-2)20-12-10-19(3)11-13-20/h10-17,23H,4-9,18H2,1-3H3. The summed E-state index contributed by atoms with van der Waals surface area (Å²) in [4.78, 5) is 12.6. The van der Waals surface area contributed by atoms with E-state index in [1.54, 1.807) is 0 Å². The highest BCUT2D eigenvalue weighted by atomic mass is 16.5. The Morgan fingerprint density at radius 1 is 0.852 bits per heavy atom. The van der Waals surface area contributed by atoms with Crippen molar-refractivity contribution in [1.29, 1.82) is 0 Å². The van der Waals surface area contributed by atoms with Crippen LogP contribution in [-0.2, 0) is 9.53 Å². The summed E-state index contributed by atoms with van der Waals surface area (Å²) in [6, 6.07) is 15.9. The maximum atomic E-state index is 12.6. The smallest absolute Gasteiger partial charge is 0.317 e. The van der Waals surface area contributed by atoms with E-state index in [4.69, 9.17) is 9.47 Å². The molecule has 3 heteroatoms. The van der Waals surface area contributed by atoms with E-state index in [2.05, 4.69) is 6.92 Å². The fraction of sp³-hybridized carbons (Fsp3) is 0.458. The van der Waals surface area contributed by atoms with E-state index < -0.39 is 5.92 Å². The second kappa shape index (κ2) is 11.4. The number of benzene rings is 2. The molecule has 0 spiro atoms. The normalized spacial score (nSPS) is 11.8. The highest BCUT2D eigenvalue weighted by Crippen LogP contribution is 2.28. The van der Waals surface area contributed by atoms with Crippen LogP contribution in [-0.4, -0.2) is 19.2 Å². The molecule has 0 heterocycles. The third-order valence-electron chi connectivity index (χ3n) is 4.66. The Bertz CT molecular complexity index is 674. The third-order valence-corrected chi connectivity index (χ3v) is 4.66. The number of carbonyl (C=O) groups is 1. The molecule has 0 radical (unpaired) electrons. The molecule has 1 atom stereocenters. The molecule has 0 bridgehead atoms. The van der Waals surface area contributed by atoms with E-state index in [1.807, 2.05) is 62.4 Å². The molecule has 0 saturated heterocycles. The molecular weight excluding hydrogens is 336 g/mol. The summed E-state index contributed by atoms with van der Waals surface area (Å²) < 4.78 is 11.1. The molecular formula is C24H32O3. The van der Waals surface area contributed by atoms with Crippen LogP contribution in [0.4, 0.5) is 0 Å². The van der Waals surface area contributed by atoms with Crippen molar-refractivity contribution >= 4 is 5.97 Å². The fourth-order valence-corrected chi connectivity index (χ4v) is 3.10. The van der Waals surface area contributed by atoms with Gasteiger partial charge in [-0.05, 0) is 43.5 Å². The Morgan fingerprint density at radius 2 is 1.44 bits per heavy atom. The van der Waals surface area contributed by atoms with E-state index in [0.29, 0.717) is 6.61 Å². The maximum Gasteiger partial charge on any atom is 0.317 e. The van der Waals surface area contributed by atoms with E-state index >= 15 is 0 Å². The van der Waals surface area contributed by atoms with Gasteiger partial charge >= 0.3 is 5.97 Å². The zero-order valence-electron chi connectivity index (χ0n) is 16.9. The molecule has 0 aliphatic carbocycles. The van der Waals surface area contributed by atoms with Gasteiger partial charge in [0, 0.05) is 0 Å². The van der Waals surface area contributed by atoms with Crippen molar-refractivity contribution in [3.63, 3.8) is 0 Å². The van der Waals surface area contributed by atoms with Gasteiger partial charge in [-0.25, -0.2) is 0 Å². The van der Waals surface area contributed by atoms with Crippen molar-refractivity contribution in [1.82, 2.24) is 0 Å². The third kappa shape index (κ3) is 6.74. The molecule has 2 rings (SSSR count). The number of ether oxygens (including phenoxy) is 2. The summed E-state index contributed by atoms with van der Waals surface area (Å²) in [5.41, 5.74) is 3.04. The predicted molar refractivity (Wildman–Crippen MR) is 110 cm³/mol. The highest BCUT2D eigenvalue weighted by molar-refractivity contribution is 5.82. The quantitative estimate of drug-likeness (QED) is 0.358. The fourth-order valence-electron chi connectivity index (χ4n) is 3.10. The van der Waals surface area contributed by atoms with E-state index in [0.717, 1.165) is 29.9 Å². The van der Waals surface area contributed by atoms with Crippen molar-refractivity contribution in [2.75, 3.05) is 13.2 Å². The molecule has 0 aliphatic heterocycles. The monoisotopic (exact) mass is 368 g/mol. The molecule has 1 unspecified atom stereocenters. The Hall–Kier alpha value is -2.29. The lowest BCUT2D eigenvalue weighted by molar-refractivity contribution is -0.143. The van der Waals surface area contributed by atoms with Crippen molar-refractivity contribution in [2.24, 2.45) is 0 Å². The first kappa shape index (κ1) is 21.0. The molecule has 0 N–H and O–H groups in total. The molecule has 0 amide bonds. The average molecular weight is 369 g/mol. The topological polar surface area (TPSA) is 35.5 Å². The van der Waals surface area contributed by atoms with Gasteiger partial charge in [-0.15, -0.1) is 0 Å². The maximum absolute atomic E-state index is 12.6. The summed E-state index contributed by atoms with van der Waals surface area (Å²) in [6.45, 7) is 7.21. The van der Waals surface area contributed by atoms with Crippen LogP contribution < -0.4 is 4.74 Å². The molecule has 146 valence electrons. The van der Waals surface area contributed by atoms with Gasteiger partial charge in [-0.3, -0.25) is 4.79 Å². The van der Waals surface area contributed by atoms with Crippen molar-refractivity contribution in [3.8, 4) is 5.75 Å². The van der Waals surface area contributed by atoms with Crippen LogP contribution in [0, 0.1) is 6.92 Å². The van der Waals surface area contributed by atoms with Crippen LogP contribution in [0.25, 0.3) is 0 Å². The summed E-state index contributed by atoms with van der Waals surface area (Å²) >= 11 is 0. The number of hydrogen-bond acceptors (Lipinski definition) is 3. The highest BCUT2D eigenvalue weighted by Gasteiger charge is 2.24. The summed E-state index contributed by atoms with van der Waals surface area (Å²) in [5, 5.41) is 0. The number of hydrogen-bond donors (Lipinski definition) is 0. The zero-order valence-corrected chi connectivity index (χ0v) is 16.9. The zero-order chi connectivity index (χ0) is 19.5. The minimum atomic E-state index is -0.409. The summed E-state index contributed by atoms with van der Waals surface area (Å²) in [6.07, 6.45) is 6.12. The Labute approximate surface area is 163 Å². The van der Waals surface area contributed by atoms with Crippen LogP contribution in [0.1, 0.15) is 68.6 Å². The first-order valence-corrected chi connectivity index (χ1v) is 10.1. The Kier molecular flexibility index (Phi) is 8.90. The largest absolute Gasteiger partial charge is 0.494 e. The minimum Gasteiger partial charge on any atom is -0.494 e. The second-order valence-corrected chi connectivity index (χ2v) is 6.93. The average Bonchev–Trinajstić information content (AvgIpc) is 2.68. The van der Waals surface area contributed by atoms with Gasteiger partial charge in [0.1, 0.15) is 11.7 Å². The van der Waals surface area contributed by atoms with Crippen molar-refractivity contribution in [3.05, 3.63) is 65.2 Å². The first-order chi connectivity index (χ1) is 13.2. The van der Waals surface area contributed by atoms with Crippen LogP contribution in [0.2, 0.25) is 0 Å². The number of aryl methyl sites for hydroxylation is 1. The van der Waals surface area contributed by atoms with E-state index in [-0.39, 0.29) is 5.97 Å². The Morgan fingerprint density at radius 3 is 2.04 bits per heavy atom. The van der Waals surface area contributed by atoms with Gasteiger partial charge in [0.2, 0.25) is 0 Å². The van der Waals surface area contributed by atoms with Crippen molar-refractivity contribution < 1.29 is 14.3 Å². The van der Waals surface area contributed by atoms with Gasteiger partial charge in [-0.2, -0.15) is 0 Å². The van der Waals surface area contributed by atoms with Crippen LogP contribution in [0.5, 0.6) is 5.75 Å². The lowest BCUT2D eigenvalue weighted by Gasteiger charge is -2.17. The van der Waals surface area contributed by atoms with E-state index in [9.17, 15) is 4.79 Å². The minimum absolute atomic E-state index is 0.217. The summed E-state index contributed by atoms with van der Waals surface area (Å²) in [5.74, 6) is 0.223. The van der Waals surface area contributed by atoms with Crippen molar-refractivity contribution in [2.45, 2.75) is 58.8 Å². The number of unbranched alkanes of at least 4 members (excludes halogenated alkanes) is 4. The van der Waals surface area contributed by atoms with Crippen LogP contribution in [0.3, 0.4) is 0 Å². The molecule has 0 fully saturated rings. The van der Waals surface area contributed by atoms with Gasteiger partial charge in [0.05, 0.1) is 13.2 Å². The summed E-state index contributed by atoms with van der Waals surface area (Å²) in [7, 11) is 0. The Balaban J connectivity index is 2.03. The second-order valence-electron chi connectivity index (χ2n) is 6.93. The number of rotatable bonds is 11. The molecule has 3 nitrogen and oxygen atoms in total.